The Morgan fingerprint density at radius 2 is 1.89 bits per heavy atom. The van der Waals surface area contributed by atoms with Gasteiger partial charge in [0.2, 0.25) is 0 Å². The molecule has 2 N–H and O–H groups in total. The van der Waals surface area contributed by atoms with E-state index in [0.29, 0.717) is 5.56 Å². The average molecular weight is 244 g/mol. The minimum atomic E-state index is -1.16. The van der Waals surface area contributed by atoms with Crippen LogP contribution >= 0.6 is 0 Å². The van der Waals surface area contributed by atoms with Gasteiger partial charge in [0.1, 0.15) is 5.70 Å². The number of amides is 2. The van der Waals surface area contributed by atoms with Crippen molar-refractivity contribution in [3.63, 3.8) is 0 Å². The van der Waals surface area contributed by atoms with Crippen molar-refractivity contribution >= 4 is 17.6 Å². The van der Waals surface area contributed by atoms with E-state index in [1.54, 1.807) is 37.3 Å². The van der Waals surface area contributed by atoms with Gasteiger partial charge in [-0.05, 0) is 6.92 Å². The van der Waals surface area contributed by atoms with Gasteiger partial charge in [-0.3, -0.25) is 14.4 Å². The van der Waals surface area contributed by atoms with Gasteiger partial charge in [-0.1, -0.05) is 36.4 Å². The fourth-order valence-corrected chi connectivity index (χ4v) is 1.69. The van der Waals surface area contributed by atoms with Crippen LogP contribution in [0.1, 0.15) is 17.3 Å². The fourth-order valence-electron chi connectivity index (χ4n) is 1.69. The van der Waals surface area contributed by atoms with E-state index in [2.05, 4.69) is 10.6 Å². The molecule has 1 atom stereocenters. The smallest absolute Gasteiger partial charge is 0.268 e. The number of nitrogens with one attached hydrogen (secondary N) is 2. The fraction of sp³-hybridized carbons (Fsp3) is 0.154. The molecule has 5 heteroatoms. The van der Waals surface area contributed by atoms with Crippen LogP contribution in [0.2, 0.25) is 0 Å². The van der Waals surface area contributed by atoms with Gasteiger partial charge >= 0.3 is 0 Å². The highest BCUT2D eigenvalue weighted by Gasteiger charge is 2.34. The lowest BCUT2D eigenvalue weighted by atomic mass is 10.0. The molecule has 1 aliphatic heterocycles. The predicted molar refractivity (Wildman–Crippen MR) is 64.6 cm³/mol. The van der Waals surface area contributed by atoms with E-state index in [1.165, 1.54) is 6.08 Å². The second kappa shape index (κ2) is 4.83. The van der Waals surface area contributed by atoms with E-state index in [0.717, 1.165) is 0 Å². The summed E-state index contributed by atoms with van der Waals surface area (Å²) in [6.07, 6.45) is 1.48. The van der Waals surface area contributed by atoms with Crippen LogP contribution in [0.5, 0.6) is 0 Å². The first-order valence-corrected chi connectivity index (χ1v) is 5.51. The highest BCUT2D eigenvalue weighted by atomic mass is 16.2. The van der Waals surface area contributed by atoms with Gasteiger partial charge in [0, 0.05) is 5.56 Å². The lowest BCUT2D eigenvalue weighted by molar-refractivity contribution is -0.129. The first kappa shape index (κ1) is 12.0. The monoisotopic (exact) mass is 244 g/mol. The molecule has 2 rings (SSSR count). The number of piperazine rings is 1. The van der Waals surface area contributed by atoms with Crippen LogP contribution < -0.4 is 10.6 Å². The standard InChI is InChI=1S/C13H12N2O3/c1-2-9-12(17)15-10(13(18)14-9)11(16)8-6-4-3-5-7-8/h2-7,10H,1H3,(H,14,18)(H,15,17)/b9-2-/t10-/m0/s1. The summed E-state index contributed by atoms with van der Waals surface area (Å²) >= 11 is 0. The molecule has 0 bridgehead atoms. The third-order valence-electron chi connectivity index (χ3n) is 2.65. The van der Waals surface area contributed by atoms with Gasteiger partial charge < -0.3 is 10.6 Å². The number of hydrogen-bond acceptors (Lipinski definition) is 3. The molecule has 1 aromatic carbocycles. The summed E-state index contributed by atoms with van der Waals surface area (Å²) in [6.45, 7) is 1.63. The van der Waals surface area contributed by atoms with Gasteiger partial charge in [0.15, 0.2) is 11.8 Å². The average Bonchev–Trinajstić information content (AvgIpc) is 2.41. The van der Waals surface area contributed by atoms with Gasteiger partial charge in [0.25, 0.3) is 11.8 Å². The van der Waals surface area contributed by atoms with Crippen molar-refractivity contribution in [2.45, 2.75) is 13.0 Å². The number of ketones is 1. The van der Waals surface area contributed by atoms with Crippen LogP contribution in [0.4, 0.5) is 0 Å². The summed E-state index contributed by atoms with van der Waals surface area (Å²) in [7, 11) is 0. The molecule has 1 heterocycles. The number of allylic oxidation sites excluding steroid dienone is 1. The van der Waals surface area contributed by atoms with Crippen LogP contribution in [0.25, 0.3) is 0 Å². The predicted octanol–water partition coefficient (Wildman–Crippen LogP) is 0.388. The van der Waals surface area contributed by atoms with Gasteiger partial charge in [-0.25, -0.2) is 0 Å². The molecule has 1 saturated heterocycles. The van der Waals surface area contributed by atoms with Crippen LogP contribution in [0, 0.1) is 0 Å². The van der Waals surface area contributed by atoms with Crippen LogP contribution in [0.15, 0.2) is 42.1 Å². The highest BCUT2D eigenvalue weighted by Crippen LogP contribution is 2.08. The largest absolute Gasteiger partial charge is 0.332 e. The topological polar surface area (TPSA) is 75.3 Å². The van der Waals surface area contributed by atoms with Gasteiger partial charge in [0.05, 0.1) is 0 Å². The summed E-state index contributed by atoms with van der Waals surface area (Å²) in [5.74, 6) is -1.39. The van der Waals surface area contributed by atoms with Crippen LogP contribution in [-0.4, -0.2) is 23.6 Å². The maximum atomic E-state index is 12.1. The Morgan fingerprint density at radius 1 is 1.22 bits per heavy atom. The Balaban J connectivity index is 2.23. The molecule has 0 unspecified atom stereocenters. The Kier molecular flexibility index (Phi) is 3.23. The number of Topliss-reactive ketones (excluding diaryl/α,β-unsaturated/α-hetero) is 1. The SMILES string of the molecule is C/C=C1\NC(=O)[C@H](C(=O)c2ccccc2)NC1=O. The Hall–Kier alpha value is -2.43. The zero-order valence-electron chi connectivity index (χ0n) is 9.77. The van der Waals surface area contributed by atoms with E-state index in [1.807, 2.05) is 0 Å². The van der Waals surface area contributed by atoms with Crippen LogP contribution in [0.3, 0.4) is 0 Å². The van der Waals surface area contributed by atoms with E-state index < -0.39 is 23.6 Å². The van der Waals surface area contributed by atoms with E-state index >= 15 is 0 Å². The molecule has 0 radical (unpaired) electrons. The van der Waals surface area contributed by atoms with Crippen molar-refractivity contribution in [2.24, 2.45) is 0 Å². The first-order chi connectivity index (χ1) is 8.63. The molecule has 1 aliphatic rings. The quantitative estimate of drug-likeness (QED) is 0.449. The Labute approximate surface area is 104 Å². The number of rotatable bonds is 2. The van der Waals surface area contributed by atoms with Gasteiger partial charge in [-0.2, -0.15) is 0 Å². The Morgan fingerprint density at radius 3 is 2.50 bits per heavy atom. The molecule has 18 heavy (non-hydrogen) atoms. The number of carbonyl (C=O) groups excluding carboxylic acids is 3. The summed E-state index contributed by atoms with van der Waals surface area (Å²) in [5.41, 5.74) is 0.555. The van der Waals surface area contributed by atoms with Gasteiger partial charge in [-0.15, -0.1) is 0 Å². The second-order valence-electron chi connectivity index (χ2n) is 3.83. The van der Waals surface area contributed by atoms with E-state index in [4.69, 9.17) is 0 Å². The zero-order valence-corrected chi connectivity index (χ0v) is 9.77. The second-order valence-corrected chi connectivity index (χ2v) is 3.83. The Bertz CT molecular complexity index is 534. The summed E-state index contributed by atoms with van der Waals surface area (Å²) in [4.78, 5) is 35.4. The number of hydrogen-bond donors (Lipinski definition) is 2. The molecule has 2 amide bonds. The molecule has 0 saturated carbocycles. The lowest BCUT2D eigenvalue weighted by Crippen LogP contribution is -2.58. The number of benzene rings is 1. The minimum absolute atomic E-state index is 0.164. The van der Waals surface area contributed by atoms with Crippen molar-refractivity contribution in [2.75, 3.05) is 0 Å². The first-order valence-electron chi connectivity index (χ1n) is 5.51. The van der Waals surface area contributed by atoms with Crippen molar-refractivity contribution < 1.29 is 14.4 Å². The third-order valence-corrected chi connectivity index (χ3v) is 2.65. The molecular weight excluding hydrogens is 232 g/mol. The molecular formula is C13H12N2O3. The molecule has 0 aliphatic carbocycles. The summed E-state index contributed by atoms with van der Waals surface area (Å²) in [5, 5.41) is 4.80. The summed E-state index contributed by atoms with van der Waals surface area (Å²) in [6, 6.07) is 7.22. The van der Waals surface area contributed by atoms with Crippen molar-refractivity contribution in [3.8, 4) is 0 Å². The molecule has 1 fully saturated rings. The van der Waals surface area contributed by atoms with E-state index in [-0.39, 0.29) is 5.70 Å². The lowest BCUT2D eigenvalue weighted by Gasteiger charge is -2.23. The normalized spacial score (nSPS) is 21.4. The molecule has 0 aromatic heterocycles. The third kappa shape index (κ3) is 2.15. The summed E-state index contributed by atoms with van der Waals surface area (Å²) < 4.78 is 0. The molecule has 1 aromatic rings. The van der Waals surface area contributed by atoms with E-state index in [9.17, 15) is 14.4 Å². The van der Waals surface area contributed by atoms with Crippen molar-refractivity contribution in [1.82, 2.24) is 10.6 Å². The zero-order chi connectivity index (χ0) is 13.1. The van der Waals surface area contributed by atoms with Crippen molar-refractivity contribution in [1.29, 1.82) is 0 Å². The van der Waals surface area contributed by atoms with Crippen LogP contribution in [-0.2, 0) is 9.59 Å². The minimum Gasteiger partial charge on any atom is -0.332 e. The van der Waals surface area contributed by atoms with Crippen molar-refractivity contribution in [3.05, 3.63) is 47.7 Å². The molecule has 92 valence electrons. The highest BCUT2D eigenvalue weighted by molar-refractivity contribution is 6.19. The number of carbonyl (C=O) groups is 3. The molecule has 5 nitrogen and oxygen atoms in total. The maximum absolute atomic E-state index is 12.1. The molecule has 0 spiro atoms. The maximum Gasteiger partial charge on any atom is 0.268 e.